The first-order valence-electron chi connectivity index (χ1n) is 5.65. The lowest BCUT2D eigenvalue weighted by Gasteiger charge is -2.08. The van der Waals surface area contributed by atoms with Gasteiger partial charge in [-0.15, -0.1) is 0 Å². The van der Waals surface area contributed by atoms with E-state index in [1.807, 2.05) is 12.1 Å². The van der Waals surface area contributed by atoms with Crippen molar-refractivity contribution in [1.82, 2.24) is 0 Å². The molecule has 0 radical (unpaired) electrons. The van der Waals surface area contributed by atoms with Crippen LogP contribution in [0.25, 0.3) is 0 Å². The van der Waals surface area contributed by atoms with E-state index < -0.39 is 5.82 Å². The molecular weight excluding hydrogens is 241 g/mol. The van der Waals surface area contributed by atoms with Crippen molar-refractivity contribution in [1.29, 1.82) is 10.5 Å². The second-order valence-corrected chi connectivity index (χ2v) is 3.97. The Bertz CT molecular complexity index is 681. The lowest BCUT2D eigenvalue weighted by Crippen LogP contribution is -2.01. The zero-order valence-electron chi connectivity index (χ0n) is 10.0. The number of halogens is 1. The van der Waals surface area contributed by atoms with E-state index in [4.69, 9.17) is 10.5 Å². The Labute approximate surface area is 110 Å². The molecule has 0 fully saturated rings. The first-order valence-corrected chi connectivity index (χ1v) is 5.65. The fourth-order valence-corrected chi connectivity index (χ4v) is 1.71. The normalized spacial score (nSPS) is 9.42. The maximum atomic E-state index is 13.0. The Morgan fingerprint density at radius 2 is 1.89 bits per heavy atom. The van der Waals surface area contributed by atoms with Gasteiger partial charge in [0, 0.05) is 6.54 Å². The average molecular weight is 251 g/mol. The highest BCUT2D eigenvalue weighted by atomic mass is 19.1. The summed E-state index contributed by atoms with van der Waals surface area (Å²) >= 11 is 0. The lowest BCUT2D eigenvalue weighted by atomic mass is 10.1. The van der Waals surface area contributed by atoms with Crippen molar-refractivity contribution < 1.29 is 4.39 Å². The Balaban J connectivity index is 2.15. The smallest absolute Gasteiger partial charge is 0.124 e. The third-order valence-corrected chi connectivity index (χ3v) is 2.64. The van der Waals surface area contributed by atoms with Gasteiger partial charge in [0.15, 0.2) is 0 Å². The Kier molecular flexibility index (Phi) is 3.75. The van der Waals surface area contributed by atoms with Crippen LogP contribution < -0.4 is 5.32 Å². The molecule has 0 spiro atoms. The van der Waals surface area contributed by atoms with E-state index in [0.717, 1.165) is 5.56 Å². The van der Waals surface area contributed by atoms with Gasteiger partial charge in [-0.25, -0.2) is 4.39 Å². The molecule has 0 saturated heterocycles. The van der Waals surface area contributed by atoms with Crippen molar-refractivity contribution >= 4 is 5.69 Å². The molecule has 2 aromatic carbocycles. The van der Waals surface area contributed by atoms with Crippen LogP contribution in [0.15, 0.2) is 42.5 Å². The summed E-state index contributed by atoms with van der Waals surface area (Å²) in [6.45, 7) is 0.468. The SMILES string of the molecule is N#Cc1cccc(CNc2ccc(F)cc2C#N)c1. The first kappa shape index (κ1) is 12.6. The van der Waals surface area contributed by atoms with Gasteiger partial charge in [-0.2, -0.15) is 10.5 Å². The predicted molar refractivity (Wildman–Crippen MR) is 69.6 cm³/mol. The maximum Gasteiger partial charge on any atom is 0.124 e. The van der Waals surface area contributed by atoms with E-state index in [9.17, 15) is 4.39 Å². The number of anilines is 1. The van der Waals surface area contributed by atoms with E-state index in [1.165, 1.54) is 18.2 Å². The molecule has 0 aliphatic heterocycles. The van der Waals surface area contributed by atoms with E-state index in [0.29, 0.717) is 17.8 Å². The number of hydrogen-bond acceptors (Lipinski definition) is 3. The van der Waals surface area contributed by atoms with Gasteiger partial charge < -0.3 is 5.32 Å². The van der Waals surface area contributed by atoms with E-state index in [-0.39, 0.29) is 5.56 Å². The van der Waals surface area contributed by atoms with Gasteiger partial charge in [-0.05, 0) is 35.9 Å². The van der Waals surface area contributed by atoms with Crippen molar-refractivity contribution in [3.8, 4) is 12.1 Å². The Morgan fingerprint density at radius 3 is 2.63 bits per heavy atom. The van der Waals surface area contributed by atoms with Crippen LogP contribution in [-0.2, 0) is 6.54 Å². The highest BCUT2D eigenvalue weighted by molar-refractivity contribution is 5.57. The minimum atomic E-state index is -0.437. The number of nitrogens with one attached hydrogen (secondary N) is 1. The summed E-state index contributed by atoms with van der Waals surface area (Å²) in [7, 11) is 0. The van der Waals surface area contributed by atoms with Crippen molar-refractivity contribution in [2.75, 3.05) is 5.32 Å². The molecule has 0 aromatic heterocycles. The fraction of sp³-hybridized carbons (Fsp3) is 0.0667. The maximum absolute atomic E-state index is 13.0. The van der Waals surface area contributed by atoms with Gasteiger partial charge in [0.1, 0.15) is 11.9 Å². The molecule has 0 amide bonds. The molecule has 2 rings (SSSR count). The number of hydrogen-bond donors (Lipinski definition) is 1. The number of benzene rings is 2. The van der Waals surface area contributed by atoms with Crippen LogP contribution in [0.2, 0.25) is 0 Å². The molecule has 2 aromatic rings. The summed E-state index contributed by atoms with van der Waals surface area (Å²) in [4.78, 5) is 0. The predicted octanol–water partition coefficient (Wildman–Crippen LogP) is 3.18. The molecule has 92 valence electrons. The zero-order valence-corrected chi connectivity index (χ0v) is 10.0. The van der Waals surface area contributed by atoms with Gasteiger partial charge >= 0.3 is 0 Å². The highest BCUT2D eigenvalue weighted by Crippen LogP contribution is 2.17. The third-order valence-electron chi connectivity index (χ3n) is 2.64. The molecule has 0 bridgehead atoms. The summed E-state index contributed by atoms with van der Waals surface area (Å²) < 4.78 is 13.0. The molecule has 0 unspecified atom stereocenters. The van der Waals surface area contributed by atoms with Crippen LogP contribution in [0.3, 0.4) is 0 Å². The summed E-state index contributed by atoms with van der Waals surface area (Å²) in [5, 5.41) is 20.8. The van der Waals surface area contributed by atoms with Crippen molar-refractivity contribution in [3.63, 3.8) is 0 Å². The van der Waals surface area contributed by atoms with Crippen LogP contribution in [-0.4, -0.2) is 0 Å². The Morgan fingerprint density at radius 1 is 1.05 bits per heavy atom. The van der Waals surface area contributed by atoms with E-state index in [1.54, 1.807) is 18.2 Å². The van der Waals surface area contributed by atoms with Crippen LogP contribution in [0, 0.1) is 28.5 Å². The molecule has 1 N–H and O–H groups in total. The summed E-state index contributed by atoms with van der Waals surface area (Å²) in [5.41, 5.74) is 2.34. The van der Waals surface area contributed by atoms with Crippen molar-refractivity contribution in [2.24, 2.45) is 0 Å². The van der Waals surface area contributed by atoms with Crippen LogP contribution >= 0.6 is 0 Å². The number of nitriles is 2. The minimum absolute atomic E-state index is 0.261. The summed E-state index contributed by atoms with van der Waals surface area (Å²) in [6, 6.07) is 15.2. The first-order chi connectivity index (χ1) is 9.22. The average Bonchev–Trinajstić information content (AvgIpc) is 2.46. The quantitative estimate of drug-likeness (QED) is 0.911. The zero-order chi connectivity index (χ0) is 13.7. The lowest BCUT2D eigenvalue weighted by molar-refractivity contribution is 0.627. The third kappa shape index (κ3) is 3.08. The molecule has 0 saturated carbocycles. The highest BCUT2D eigenvalue weighted by Gasteiger charge is 2.03. The number of rotatable bonds is 3. The van der Waals surface area contributed by atoms with Gasteiger partial charge in [0.25, 0.3) is 0 Å². The second-order valence-electron chi connectivity index (χ2n) is 3.97. The van der Waals surface area contributed by atoms with Gasteiger partial charge in [-0.1, -0.05) is 12.1 Å². The molecule has 0 aliphatic rings. The minimum Gasteiger partial charge on any atom is -0.380 e. The van der Waals surface area contributed by atoms with Gasteiger partial charge in [-0.3, -0.25) is 0 Å². The van der Waals surface area contributed by atoms with Gasteiger partial charge in [0.2, 0.25) is 0 Å². The number of nitrogens with zero attached hydrogens (tertiary/aromatic N) is 2. The van der Waals surface area contributed by atoms with Crippen LogP contribution in [0.1, 0.15) is 16.7 Å². The molecule has 3 nitrogen and oxygen atoms in total. The fourth-order valence-electron chi connectivity index (χ4n) is 1.71. The standard InChI is InChI=1S/C15H10FN3/c16-14-4-5-15(13(7-14)9-18)19-10-12-3-1-2-11(6-12)8-17/h1-7,19H,10H2. The summed E-state index contributed by atoms with van der Waals surface area (Å²) in [6.07, 6.45) is 0. The van der Waals surface area contributed by atoms with Crippen molar-refractivity contribution in [3.05, 3.63) is 65.0 Å². The Hall–Kier alpha value is -2.85. The van der Waals surface area contributed by atoms with Crippen molar-refractivity contribution in [2.45, 2.75) is 6.54 Å². The molecule has 0 atom stereocenters. The molecule has 0 aliphatic carbocycles. The molecule has 19 heavy (non-hydrogen) atoms. The topological polar surface area (TPSA) is 59.6 Å². The molecular formula is C15H10FN3. The van der Waals surface area contributed by atoms with Gasteiger partial charge in [0.05, 0.1) is 22.9 Å². The molecule has 0 heterocycles. The largest absolute Gasteiger partial charge is 0.380 e. The molecule has 4 heteroatoms. The van der Waals surface area contributed by atoms with Crippen LogP contribution in [0.4, 0.5) is 10.1 Å². The monoisotopic (exact) mass is 251 g/mol. The van der Waals surface area contributed by atoms with E-state index >= 15 is 0 Å². The summed E-state index contributed by atoms with van der Waals surface area (Å²) in [5.74, 6) is -0.437. The second kappa shape index (κ2) is 5.66. The van der Waals surface area contributed by atoms with E-state index in [2.05, 4.69) is 11.4 Å². The van der Waals surface area contributed by atoms with Crippen LogP contribution in [0.5, 0.6) is 0 Å².